The Morgan fingerprint density at radius 1 is 1.42 bits per heavy atom. The monoisotopic (exact) mass is 403 g/mol. The summed E-state index contributed by atoms with van der Waals surface area (Å²) in [6, 6.07) is 11.6. The molecular formula is C17H14BrN3O2S. The van der Waals surface area contributed by atoms with Crippen LogP contribution in [0.2, 0.25) is 0 Å². The van der Waals surface area contributed by atoms with Crippen molar-refractivity contribution in [2.75, 3.05) is 5.32 Å². The summed E-state index contributed by atoms with van der Waals surface area (Å²) in [7, 11) is 0. The zero-order valence-electron chi connectivity index (χ0n) is 12.6. The van der Waals surface area contributed by atoms with E-state index < -0.39 is 6.10 Å². The van der Waals surface area contributed by atoms with E-state index in [2.05, 4.69) is 32.4 Å². The number of hydrogen-bond acceptors (Lipinski definition) is 4. The minimum Gasteiger partial charge on any atom is -0.480 e. The maximum absolute atomic E-state index is 12.5. The van der Waals surface area contributed by atoms with E-state index in [0.717, 1.165) is 20.7 Å². The molecule has 1 amide bonds. The number of nitrogens with zero attached hydrogens (tertiary/aromatic N) is 2. The van der Waals surface area contributed by atoms with E-state index in [-0.39, 0.29) is 5.91 Å². The molecule has 1 aromatic carbocycles. The van der Waals surface area contributed by atoms with Gasteiger partial charge in [0, 0.05) is 27.2 Å². The molecule has 0 radical (unpaired) electrons. The van der Waals surface area contributed by atoms with Gasteiger partial charge in [0.1, 0.15) is 11.6 Å². The van der Waals surface area contributed by atoms with Crippen LogP contribution in [-0.2, 0) is 17.8 Å². The second kappa shape index (κ2) is 6.41. The fourth-order valence-corrected chi connectivity index (χ4v) is 4.12. The number of carbonyl (C=O) groups is 1. The third kappa shape index (κ3) is 3.09. The Bertz CT molecular complexity index is 864. The molecule has 3 aromatic rings. The molecule has 0 saturated carbocycles. The molecule has 0 spiro atoms. The molecular weight excluding hydrogens is 390 g/mol. The summed E-state index contributed by atoms with van der Waals surface area (Å²) < 4.78 is 8.56. The number of benzene rings is 1. The Labute approximate surface area is 151 Å². The van der Waals surface area contributed by atoms with E-state index in [1.54, 1.807) is 28.3 Å². The van der Waals surface area contributed by atoms with Crippen molar-refractivity contribution in [1.82, 2.24) is 9.78 Å². The first-order chi connectivity index (χ1) is 11.7. The minimum absolute atomic E-state index is 0.152. The summed E-state index contributed by atoms with van der Waals surface area (Å²) in [4.78, 5) is 13.7. The number of ether oxygens (including phenoxy) is 1. The van der Waals surface area contributed by atoms with Gasteiger partial charge >= 0.3 is 0 Å². The molecule has 122 valence electrons. The number of thiophene rings is 1. The molecule has 4 rings (SSSR count). The molecule has 0 fully saturated rings. The quantitative estimate of drug-likeness (QED) is 0.722. The summed E-state index contributed by atoms with van der Waals surface area (Å²) in [6.07, 6.45) is 1.78. The van der Waals surface area contributed by atoms with Crippen molar-refractivity contribution < 1.29 is 9.53 Å². The largest absolute Gasteiger partial charge is 0.480 e. The predicted molar refractivity (Wildman–Crippen MR) is 96.5 cm³/mol. The Balaban J connectivity index is 1.45. The highest BCUT2D eigenvalue weighted by molar-refractivity contribution is 9.10. The van der Waals surface area contributed by atoms with Crippen LogP contribution in [0, 0.1) is 0 Å². The third-order valence-corrected chi connectivity index (χ3v) is 5.52. The van der Waals surface area contributed by atoms with Crippen LogP contribution in [0.5, 0.6) is 5.75 Å². The number of nitrogens with one attached hydrogen (secondary N) is 1. The second-order valence-electron chi connectivity index (χ2n) is 5.51. The maximum atomic E-state index is 12.5. The van der Waals surface area contributed by atoms with Crippen LogP contribution in [0.1, 0.15) is 10.4 Å². The van der Waals surface area contributed by atoms with E-state index >= 15 is 0 Å². The highest BCUT2D eigenvalue weighted by atomic mass is 79.9. The van der Waals surface area contributed by atoms with Gasteiger partial charge in [-0.25, -0.2) is 4.68 Å². The normalized spacial score (nSPS) is 15.8. The number of hydrogen-bond donors (Lipinski definition) is 1. The average molecular weight is 404 g/mol. The number of amides is 1. The number of aromatic nitrogens is 2. The molecule has 1 aliphatic rings. The van der Waals surface area contributed by atoms with Gasteiger partial charge in [-0.15, -0.1) is 11.3 Å². The first-order valence-electron chi connectivity index (χ1n) is 7.49. The van der Waals surface area contributed by atoms with Gasteiger partial charge in [-0.3, -0.25) is 4.79 Å². The van der Waals surface area contributed by atoms with E-state index in [4.69, 9.17) is 4.74 Å². The van der Waals surface area contributed by atoms with Gasteiger partial charge in [-0.2, -0.15) is 5.10 Å². The molecule has 0 aliphatic carbocycles. The topological polar surface area (TPSA) is 56.2 Å². The molecule has 3 heterocycles. The Hall–Kier alpha value is -2.12. The number of para-hydroxylation sites is 1. The fraction of sp³-hybridized carbons (Fsp3) is 0.176. The van der Waals surface area contributed by atoms with E-state index in [1.165, 1.54) is 0 Å². The molecule has 5 nitrogen and oxygen atoms in total. The van der Waals surface area contributed by atoms with Crippen molar-refractivity contribution in [1.29, 1.82) is 0 Å². The van der Waals surface area contributed by atoms with Crippen LogP contribution < -0.4 is 10.1 Å². The van der Waals surface area contributed by atoms with Crippen molar-refractivity contribution in [3.8, 4) is 5.75 Å². The number of anilines is 1. The maximum Gasteiger partial charge on any atom is 0.266 e. The second-order valence-corrected chi connectivity index (χ2v) is 7.42. The van der Waals surface area contributed by atoms with Crippen molar-refractivity contribution >= 4 is 39.0 Å². The first-order valence-corrected chi connectivity index (χ1v) is 9.16. The Kier molecular flexibility index (Phi) is 4.12. The van der Waals surface area contributed by atoms with Gasteiger partial charge in [0.2, 0.25) is 0 Å². The highest BCUT2D eigenvalue weighted by Gasteiger charge is 2.29. The average Bonchev–Trinajstić information content (AvgIpc) is 3.28. The van der Waals surface area contributed by atoms with Gasteiger partial charge < -0.3 is 10.1 Å². The molecule has 0 unspecified atom stereocenters. The first kappa shape index (κ1) is 15.4. The lowest BCUT2D eigenvalue weighted by atomic mass is 10.1. The van der Waals surface area contributed by atoms with Crippen molar-refractivity contribution in [2.24, 2.45) is 0 Å². The number of fused-ring (bicyclic) bond motifs is 1. The number of carbonyl (C=O) groups excluding carboxylic acids is 1. The zero-order valence-corrected chi connectivity index (χ0v) is 15.0. The summed E-state index contributed by atoms with van der Waals surface area (Å²) in [6.45, 7) is 0.616. The van der Waals surface area contributed by atoms with Crippen LogP contribution in [0.15, 0.2) is 52.4 Å². The zero-order chi connectivity index (χ0) is 16.5. The summed E-state index contributed by atoms with van der Waals surface area (Å²) >= 11 is 5.10. The molecule has 1 atom stereocenters. The molecule has 0 saturated heterocycles. The lowest BCUT2D eigenvalue weighted by Crippen LogP contribution is -2.32. The smallest absolute Gasteiger partial charge is 0.266 e. The lowest BCUT2D eigenvalue weighted by molar-refractivity contribution is -0.122. The SMILES string of the molecule is O=C(Nc1ccnn1Cc1cc(Br)cs1)[C@H]1Cc2ccccc2O1. The summed E-state index contributed by atoms with van der Waals surface area (Å²) in [5.41, 5.74) is 1.06. The highest BCUT2D eigenvalue weighted by Crippen LogP contribution is 2.29. The van der Waals surface area contributed by atoms with Crippen LogP contribution in [0.25, 0.3) is 0 Å². The van der Waals surface area contributed by atoms with Crippen LogP contribution in [0.3, 0.4) is 0 Å². The van der Waals surface area contributed by atoms with Crippen LogP contribution in [-0.4, -0.2) is 21.8 Å². The molecule has 1 aliphatic heterocycles. The lowest BCUT2D eigenvalue weighted by Gasteiger charge is -2.12. The minimum atomic E-state index is -0.498. The van der Waals surface area contributed by atoms with Crippen molar-refractivity contribution in [2.45, 2.75) is 19.1 Å². The number of rotatable bonds is 4. The van der Waals surface area contributed by atoms with Gasteiger partial charge in [-0.05, 0) is 33.6 Å². The number of halogens is 1. The molecule has 1 N–H and O–H groups in total. The summed E-state index contributed by atoms with van der Waals surface area (Å²) in [5, 5.41) is 9.24. The molecule has 24 heavy (non-hydrogen) atoms. The van der Waals surface area contributed by atoms with Crippen LogP contribution >= 0.6 is 27.3 Å². The Morgan fingerprint density at radius 2 is 2.29 bits per heavy atom. The summed E-state index contributed by atoms with van der Waals surface area (Å²) in [5.74, 6) is 1.30. The van der Waals surface area contributed by atoms with Gasteiger partial charge in [0.25, 0.3) is 5.91 Å². The van der Waals surface area contributed by atoms with Gasteiger partial charge in [-0.1, -0.05) is 18.2 Å². The molecule has 2 aromatic heterocycles. The van der Waals surface area contributed by atoms with Crippen molar-refractivity contribution in [3.05, 3.63) is 62.9 Å². The van der Waals surface area contributed by atoms with E-state index in [1.807, 2.05) is 29.6 Å². The van der Waals surface area contributed by atoms with Gasteiger partial charge in [0.05, 0.1) is 12.7 Å². The standard InChI is InChI=1S/C17H14BrN3O2S/c18-12-8-13(24-10-12)9-21-16(5-6-19-21)20-17(22)15-7-11-3-1-2-4-14(11)23-15/h1-6,8,10,15H,7,9H2,(H,20,22)/t15-/m1/s1. The van der Waals surface area contributed by atoms with E-state index in [0.29, 0.717) is 18.8 Å². The van der Waals surface area contributed by atoms with Crippen LogP contribution in [0.4, 0.5) is 5.82 Å². The van der Waals surface area contributed by atoms with Crippen molar-refractivity contribution in [3.63, 3.8) is 0 Å². The fourth-order valence-electron chi connectivity index (χ4n) is 2.68. The Morgan fingerprint density at radius 3 is 3.08 bits per heavy atom. The molecule has 7 heteroatoms. The third-order valence-electron chi connectivity index (χ3n) is 3.83. The predicted octanol–water partition coefficient (Wildman–Crippen LogP) is 3.70. The van der Waals surface area contributed by atoms with Gasteiger partial charge in [0.15, 0.2) is 6.10 Å². The van der Waals surface area contributed by atoms with E-state index in [9.17, 15) is 4.79 Å². The molecule has 0 bridgehead atoms.